The minimum atomic E-state index is 0.0991. The average molecular weight is 444 g/mol. The fourth-order valence-electron chi connectivity index (χ4n) is 5.64. The zero-order valence-electron chi connectivity index (χ0n) is 19.2. The van der Waals surface area contributed by atoms with Crippen LogP contribution < -0.4 is 0 Å². The Labute approximate surface area is 195 Å². The van der Waals surface area contributed by atoms with Crippen molar-refractivity contribution >= 4 is 22.7 Å². The molecule has 5 rings (SSSR count). The quantitative estimate of drug-likeness (QED) is 0.617. The molecule has 2 saturated heterocycles. The maximum absolute atomic E-state index is 13.4. The van der Waals surface area contributed by atoms with E-state index in [1.54, 1.807) is 0 Å². The van der Waals surface area contributed by atoms with Crippen LogP contribution >= 0.6 is 0 Å². The van der Waals surface area contributed by atoms with Crippen LogP contribution in [-0.4, -0.2) is 46.2 Å². The summed E-state index contributed by atoms with van der Waals surface area (Å²) in [4.78, 5) is 33.8. The van der Waals surface area contributed by atoms with Crippen LogP contribution in [0, 0.1) is 11.8 Å². The largest absolute Gasteiger partial charge is 0.361 e. The zero-order chi connectivity index (χ0) is 22.6. The number of piperidine rings is 1. The number of hydrogen-bond donors (Lipinski definition) is 1. The number of likely N-dealkylation sites (tertiary alicyclic amines) is 2. The van der Waals surface area contributed by atoms with Crippen LogP contribution in [0.3, 0.4) is 0 Å². The molecule has 0 saturated carbocycles. The monoisotopic (exact) mass is 443 g/mol. The van der Waals surface area contributed by atoms with Gasteiger partial charge in [0.25, 0.3) is 0 Å². The third-order valence-electron chi connectivity index (χ3n) is 7.52. The topological polar surface area (TPSA) is 56.4 Å². The third kappa shape index (κ3) is 4.82. The van der Waals surface area contributed by atoms with Gasteiger partial charge in [-0.25, -0.2) is 0 Å². The highest BCUT2D eigenvalue weighted by atomic mass is 16.2. The molecule has 172 valence electrons. The smallest absolute Gasteiger partial charge is 0.227 e. The molecule has 0 spiro atoms. The normalized spacial score (nSPS) is 20.2. The van der Waals surface area contributed by atoms with E-state index in [9.17, 15) is 9.59 Å². The molecule has 1 N–H and O–H groups in total. The number of aromatic nitrogens is 1. The predicted molar refractivity (Wildman–Crippen MR) is 131 cm³/mol. The third-order valence-corrected chi connectivity index (χ3v) is 7.52. The second-order valence-electron chi connectivity index (χ2n) is 9.60. The Kier molecular flexibility index (Phi) is 6.47. The van der Waals surface area contributed by atoms with Crippen LogP contribution in [-0.2, 0) is 22.6 Å². The van der Waals surface area contributed by atoms with Crippen LogP contribution in [0.15, 0.2) is 60.8 Å². The highest BCUT2D eigenvalue weighted by Gasteiger charge is 2.35. The molecule has 2 aliphatic rings. The van der Waals surface area contributed by atoms with Crippen molar-refractivity contribution in [1.29, 1.82) is 0 Å². The predicted octanol–water partition coefficient (Wildman–Crippen LogP) is 4.78. The molecule has 0 bridgehead atoms. The second kappa shape index (κ2) is 9.82. The van der Waals surface area contributed by atoms with Crippen LogP contribution in [0.4, 0.5) is 0 Å². The summed E-state index contributed by atoms with van der Waals surface area (Å²) in [7, 11) is 0. The number of fused-ring (bicyclic) bond motifs is 1. The van der Waals surface area contributed by atoms with Crippen molar-refractivity contribution in [3.8, 4) is 0 Å². The van der Waals surface area contributed by atoms with Gasteiger partial charge in [0.2, 0.25) is 11.8 Å². The van der Waals surface area contributed by atoms with E-state index in [0.29, 0.717) is 24.8 Å². The molecule has 2 aromatic carbocycles. The summed E-state index contributed by atoms with van der Waals surface area (Å²) < 4.78 is 0. The zero-order valence-corrected chi connectivity index (χ0v) is 19.2. The van der Waals surface area contributed by atoms with Crippen LogP contribution in [0.2, 0.25) is 0 Å². The van der Waals surface area contributed by atoms with Crippen molar-refractivity contribution in [3.63, 3.8) is 0 Å². The first-order valence-electron chi connectivity index (χ1n) is 12.3. The molecule has 1 aromatic heterocycles. The number of hydrogen-bond acceptors (Lipinski definition) is 2. The van der Waals surface area contributed by atoms with E-state index in [1.165, 1.54) is 5.56 Å². The molecule has 2 fully saturated rings. The molecule has 5 nitrogen and oxygen atoms in total. The average Bonchev–Trinajstić information content (AvgIpc) is 3.17. The molecule has 33 heavy (non-hydrogen) atoms. The number of nitrogens with one attached hydrogen (secondary N) is 1. The summed E-state index contributed by atoms with van der Waals surface area (Å²) in [6.45, 7) is 3.08. The Bertz CT molecular complexity index is 1100. The molecule has 2 aliphatic heterocycles. The Morgan fingerprint density at radius 2 is 1.67 bits per heavy atom. The first kappa shape index (κ1) is 21.7. The summed E-state index contributed by atoms with van der Waals surface area (Å²) in [6.07, 6.45) is 7.42. The lowest BCUT2D eigenvalue weighted by Crippen LogP contribution is -2.44. The van der Waals surface area contributed by atoms with Crippen molar-refractivity contribution in [3.05, 3.63) is 71.9 Å². The van der Waals surface area contributed by atoms with Crippen molar-refractivity contribution in [2.24, 2.45) is 11.8 Å². The van der Waals surface area contributed by atoms with E-state index in [2.05, 4.69) is 28.1 Å². The molecule has 5 heteroatoms. The first-order valence-corrected chi connectivity index (χ1v) is 12.3. The molecular formula is C28H33N3O2. The van der Waals surface area contributed by atoms with Gasteiger partial charge in [0.1, 0.15) is 0 Å². The molecule has 0 aliphatic carbocycles. The van der Waals surface area contributed by atoms with Gasteiger partial charge in [0, 0.05) is 49.2 Å². The van der Waals surface area contributed by atoms with Gasteiger partial charge < -0.3 is 14.8 Å². The van der Waals surface area contributed by atoms with Gasteiger partial charge in [0.15, 0.2) is 0 Å². The van der Waals surface area contributed by atoms with Gasteiger partial charge in [-0.1, -0.05) is 55.0 Å². The summed E-state index contributed by atoms with van der Waals surface area (Å²) in [5.74, 6) is 0.990. The minimum Gasteiger partial charge on any atom is -0.361 e. The molecular weight excluding hydrogens is 410 g/mol. The summed E-state index contributed by atoms with van der Waals surface area (Å²) >= 11 is 0. The lowest BCUT2D eigenvalue weighted by Gasteiger charge is -2.36. The maximum atomic E-state index is 13.4. The number of para-hydroxylation sites is 1. The summed E-state index contributed by atoms with van der Waals surface area (Å²) in [6, 6.07) is 18.4. The SMILES string of the molecule is O=C(Cc1c[nH]c2ccccc12)N1CCC(C2CCCCN(Cc3ccccc3)C2=O)CC1. The first-order chi connectivity index (χ1) is 16.2. The van der Waals surface area contributed by atoms with Crippen molar-refractivity contribution in [1.82, 2.24) is 14.8 Å². The van der Waals surface area contributed by atoms with E-state index >= 15 is 0 Å². The number of carbonyl (C=O) groups is 2. The van der Waals surface area contributed by atoms with E-state index in [4.69, 9.17) is 0 Å². The highest BCUT2D eigenvalue weighted by molar-refractivity contribution is 5.89. The fraction of sp³-hybridized carbons (Fsp3) is 0.429. The molecule has 0 radical (unpaired) electrons. The Hall–Kier alpha value is -3.08. The van der Waals surface area contributed by atoms with Crippen LogP contribution in [0.1, 0.15) is 43.2 Å². The molecule has 3 aromatic rings. The lowest BCUT2D eigenvalue weighted by molar-refractivity contribution is -0.138. The number of aromatic amines is 1. The van der Waals surface area contributed by atoms with Gasteiger partial charge in [0.05, 0.1) is 6.42 Å². The highest BCUT2D eigenvalue weighted by Crippen LogP contribution is 2.33. The number of rotatable bonds is 5. The molecule has 1 atom stereocenters. The number of amides is 2. The molecule has 3 heterocycles. The Morgan fingerprint density at radius 1 is 0.909 bits per heavy atom. The minimum absolute atomic E-state index is 0.0991. The van der Waals surface area contributed by atoms with Gasteiger partial charge in [-0.05, 0) is 48.8 Å². The molecule has 1 unspecified atom stereocenters. The van der Waals surface area contributed by atoms with Crippen LogP contribution in [0.5, 0.6) is 0 Å². The standard InChI is InChI=1S/C28H33N3O2/c32-27(18-23-19-29-26-12-5-4-10-24(23)26)30-16-13-22(14-17-30)25-11-6-7-15-31(28(25)33)20-21-8-2-1-3-9-21/h1-5,8-10,12,19,22,25,29H,6-7,11,13-18,20H2. The Morgan fingerprint density at radius 3 is 2.48 bits per heavy atom. The maximum Gasteiger partial charge on any atom is 0.227 e. The van der Waals surface area contributed by atoms with Crippen molar-refractivity contribution in [2.45, 2.75) is 45.1 Å². The van der Waals surface area contributed by atoms with Crippen LogP contribution in [0.25, 0.3) is 10.9 Å². The Balaban J connectivity index is 1.19. The summed E-state index contributed by atoms with van der Waals surface area (Å²) in [5.41, 5.74) is 3.34. The van der Waals surface area contributed by atoms with E-state index in [0.717, 1.165) is 68.2 Å². The summed E-state index contributed by atoms with van der Waals surface area (Å²) in [5, 5.41) is 1.13. The van der Waals surface area contributed by atoms with E-state index in [-0.39, 0.29) is 11.8 Å². The number of carbonyl (C=O) groups excluding carboxylic acids is 2. The number of nitrogens with zero attached hydrogens (tertiary/aromatic N) is 2. The van der Waals surface area contributed by atoms with Gasteiger partial charge in [-0.2, -0.15) is 0 Å². The van der Waals surface area contributed by atoms with Crippen molar-refractivity contribution in [2.75, 3.05) is 19.6 Å². The van der Waals surface area contributed by atoms with Gasteiger partial charge in [-0.3, -0.25) is 9.59 Å². The number of H-pyrrole nitrogens is 1. The molecule has 2 amide bonds. The fourth-order valence-corrected chi connectivity index (χ4v) is 5.64. The van der Waals surface area contributed by atoms with Gasteiger partial charge >= 0.3 is 0 Å². The van der Waals surface area contributed by atoms with Crippen molar-refractivity contribution < 1.29 is 9.59 Å². The van der Waals surface area contributed by atoms with E-state index in [1.807, 2.05) is 47.5 Å². The second-order valence-corrected chi connectivity index (χ2v) is 9.60. The van der Waals surface area contributed by atoms with Gasteiger partial charge in [-0.15, -0.1) is 0 Å². The lowest BCUT2D eigenvalue weighted by atomic mass is 9.81. The number of benzene rings is 2. The van der Waals surface area contributed by atoms with E-state index < -0.39 is 0 Å².